The van der Waals surface area contributed by atoms with Crippen LogP contribution >= 0.6 is 23.2 Å². The lowest BCUT2D eigenvalue weighted by molar-refractivity contribution is -0.130. The summed E-state index contributed by atoms with van der Waals surface area (Å²) in [4.78, 5) is 22.5. The van der Waals surface area contributed by atoms with E-state index < -0.39 is 23.2 Å². The van der Waals surface area contributed by atoms with Crippen LogP contribution in [0.15, 0.2) is 76.8 Å². The largest absolute Gasteiger partial charge is 0.494 e. The minimum Gasteiger partial charge on any atom is -0.494 e. The Morgan fingerprint density at radius 1 is 1.09 bits per heavy atom. The van der Waals surface area contributed by atoms with Crippen molar-refractivity contribution < 1.29 is 24.5 Å². The van der Waals surface area contributed by atoms with Gasteiger partial charge in [-0.1, -0.05) is 77.9 Å². The van der Waals surface area contributed by atoms with Crippen molar-refractivity contribution in [2.45, 2.75) is 68.7 Å². The van der Waals surface area contributed by atoms with Crippen LogP contribution < -0.4 is 15.6 Å². The number of hydrogen-bond donors (Lipinski definition) is 4. The number of aliphatic imine (C=N–C) groups is 1. The number of azide groups is 1. The Hall–Kier alpha value is -3.83. The summed E-state index contributed by atoms with van der Waals surface area (Å²) in [5.74, 6) is 0.334. The van der Waals surface area contributed by atoms with E-state index in [-0.39, 0.29) is 32.0 Å². The van der Waals surface area contributed by atoms with E-state index in [2.05, 4.69) is 20.9 Å². The number of carbonyl (C=O) groups is 1. The number of hydrazine groups is 1. The van der Waals surface area contributed by atoms with Crippen molar-refractivity contribution in [1.29, 1.82) is 0 Å². The number of aliphatic hydroxyl groups excluding tert-OH is 1. The van der Waals surface area contributed by atoms with Gasteiger partial charge in [0, 0.05) is 52.1 Å². The molecule has 1 amide bonds. The minimum atomic E-state index is -1.60. The summed E-state index contributed by atoms with van der Waals surface area (Å²) in [7, 11) is 0. The first-order valence-corrected chi connectivity index (χ1v) is 16.4. The van der Waals surface area contributed by atoms with Crippen molar-refractivity contribution in [3.8, 4) is 5.75 Å². The van der Waals surface area contributed by atoms with E-state index in [1.807, 2.05) is 24.3 Å². The Morgan fingerprint density at radius 3 is 2.53 bits per heavy atom. The zero-order valence-corrected chi connectivity index (χ0v) is 27.4. The van der Waals surface area contributed by atoms with Gasteiger partial charge in [-0.2, -0.15) is 0 Å². The topological polar surface area (TPSA) is 161 Å². The highest BCUT2D eigenvalue weighted by Crippen LogP contribution is 2.45. The average Bonchev–Trinajstić information content (AvgIpc) is 3.45. The summed E-state index contributed by atoms with van der Waals surface area (Å²) in [5.41, 5.74) is 14.9. The average molecular weight is 682 g/mol. The van der Waals surface area contributed by atoms with Crippen LogP contribution in [0.2, 0.25) is 10.0 Å². The summed E-state index contributed by atoms with van der Waals surface area (Å²) < 4.78 is 12.3. The minimum absolute atomic E-state index is 0.0294. The van der Waals surface area contributed by atoms with Gasteiger partial charge in [-0.3, -0.25) is 10.2 Å². The molecule has 0 bridgehead atoms. The van der Waals surface area contributed by atoms with Crippen LogP contribution in [0, 0.1) is 0 Å². The predicted molar refractivity (Wildman–Crippen MR) is 180 cm³/mol. The molecular weight excluding hydrogens is 643 g/mol. The van der Waals surface area contributed by atoms with Crippen LogP contribution in [0.5, 0.6) is 5.75 Å². The normalized spacial score (nSPS) is 20.1. The molecule has 1 aliphatic heterocycles. The Balaban J connectivity index is 1.57. The molecule has 0 aromatic heterocycles. The lowest BCUT2D eigenvalue weighted by Gasteiger charge is -2.34. The van der Waals surface area contributed by atoms with Gasteiger partial charge < -0.3 is 19.7 Å². The van der Waals surface area contributed by atoms with Gasteiger partial charge in [-0.25, -0.2) is 10.4 Å². The molecule has 1 saturated carbocycles. The standard InChI is InChI=1S/C34H38Cl2N6O5/c35-26-11-14-28(29(36)19-26)30-34(20-24-7-2-3-8-25(24)21-38-42-37,32(44)41-39-22-33(45)15-4-1-5-16-33)40-31(47-30)23-9-12-27(13-10-23)46-18-6-17-43/h2-3,7-14,19,30,39,43,45H,1,4-6,15-18,20-22H2,(H,41,44)/t30-,34-/m0/s1. The highest BCUT2D eigenvalue weighted by Gasteiger charge is 2.54. The zero-order valence-electron chi connectivity index (χ0n) is 25.9. The Morgan fingerprint density at radius 2 is 1.83 bits per heavy atom. The second kappa shape index (κ2) is 15.8. The van der Waals surface area contributed by atoms with E-state index in [0.29, 0.717) is 52.8 Å². The molecule has 2 atom stereocenters. The van der Waals surface area contributed by atoms with E-state index in [4.69, 9.17) is 48.3 Å². The maximum atomic E-state index is 14.5. The number of rotatable bonds is 14. The first-order chi connectivity index (χ1) is 22.8. The highest BCUT2D eigenvalue weighted by atomic mass is 35.5. The van der Waals surface area contributed by atoms with Crippen molar-refractivity contribution in [1.82, 2.24) is 10.9 Å². The molecule has 5 rings (SSSR count). The molecule has 3 aromatic carbocycles. The van der Waals surface area contributed by atoms with Crippen LogP contribution in [0.4, 0.5) is 0 Å². The van der Waals surface area contributed by atoms with Gasteiger partial charge in [-0.05, 0) is 65.9 Å². The van der Waals surface area contributed by atoms with E-state index in [1.165, 1.54) is 0 Å². The van der Waals surface area contributed by atoms with Crippen LogP contribution in [0.25, 0.3) is 10.4 Å². The fraction of sp³-hybridized carbons (Fsp3) is 0.412. The smallest absolute Gasteiger partial charge is 0.266 e. The highest BCUT2D eigenvalue weighted by molar-refractivity contribution is 6.35. The van der Waals surface area contributed by atoms with E-state index in [9.17, 15) is 9.90 Å². The fourth-order valence-electron chi connectivity index (χ4n) is 6.04. The second-order valence-corrected chi connectivity index (χ2v) is 12.7. The summed E-state index contributed by atoms with van der Waals surface area (Å²) >= 11 is 13.0. The lowest BCUT2D eigenvalue weighted by atomic mass is 9.81. The number of aliphatic hydroxyl groups is 2. The van der Waals surface area contributed by atoms with Gasteiger partial charge >= 0.3 is 0 Å². The third kappa shape index (κ3) is 8.37. The number of amides is 1. The fourth-order valence-corrected chi connectivity index (χ4v) is 6.55. The third-order valence-corrected chi connectivity index (χ3v) is 9.12. The molecule has 1 fully saturated rings. The summed E-state index contributed by atoms with van der Waals surface area (Å²) in [5, 5.41) is 24.6. The van der Waals surface area contributed by atoms with Crippen molar-refractivity contribution in [2.24, 2.45) is 10.1 Å². The number of nitrogens with one attached hydrogen (secondary N) is 2. The number of halogens is 2. The van der Waals surface area contributed by atoms with E-state index in [1.54, 1.807) is 42.5 Å². The Labute approximate surface area is 283 Å². The molecule has 13 heteroatoms. The molecule has 0 spiro atoms. The number of carbonyl (C=O) groups excluding carboxylic acids is 1. The van der Waals surface area contributed by atoms with E-state index in [0.717, 1.165) is 30.4 Å². The predicted octanol–water partition coefficient (Wildman–Crippen LogP) is 6.38. The van der Waals surface area contributed by atoms with Crippen molar-refractivity contribution >= 4 is 35.0 Å². The molecule has 0 unspecified atom stereocenters. The van der Waals surface area contributed by atoms with Crippen molar-refractivity contribution in [2.75, 3.05) is 19.8 Å². The molecule has 47 heavy (non-hydrogen) atoms. The third-order valence-electron chi connectivity index (χ3n) is 8.56. The van der Waals surface area contributed by atoms with E-state index >= 15 is 0 Å². The Bertz CT molecular complexity index is 1630. The maximum Gasteiger partial charge on any atom is 0.266 e. The molecule has 4 N–H and O–H groups in total. The van der Waals surface area contributed by atoms with Crippen LogP contribution in [0.3, 0.4) is 0 Å². The maximum absolute atomic E-state index is 14.5. The van der Waals surface area contributed by atoms with Crippen molar-refractivity contribution in [3.05, 3.63) is 109 Å². The van der Waals surface area contributed by atoms with Gasteiger partial charge in [0.15, 0.2) is 11.6 Å². The molecule has 2 aliphatic rings. The number of benzene rings is 3. The van der Waals surface area contributed by atoms with Gasteiger partial charge in [0.05, 0.1) is 18.8 Å². The van der Waals surface area contributed by atoms with Gasteiger partial charge in [0.25, 0.3) is 5.91 Å². The Kier molecular flexibility index (Phi) is 11.6. The number of ether oxygens (including phenoxy) is 2. The monoisotopic (exact) mass is 680 g/mol. The first-order valence-electron chi connectivity index (χ1n) is 15.7. The molecule has 1 heterocycles. The zero-order chi connectivity index (χ0) is 33.3. The van der Waals surface area contributed by atoms with Crippen LogP contribution in [-0.2, 0) is 22.5 Å². The van der Waals surface area contributed by atoms with Gasteiger partial charge in [0.1, 0.15) is 5.75 Å². The summed E-state index contributed by atoms with van der Waals surface area (Å²) in [6.45, 7) is 0.647. The lowest BCUT2D eigenvalue weighted by Crippen LogP contribution is -2.56. The quantitative estimate of drug-likeness (QED) is 0.0508. The molecule has 11 nitrogen and oxygen atoms in total. The summed E-state index contributed by atoms with van der Waals surface area (Å²) in [6.07, 6.45) is 3.77. The molecule has 3 aromatic rings. The van der Waals surface area contributed by atoms with Crippen LogP contribution in [-0.4, -0.2) is 52.9 Å². The number of hydrogen-bond acceptors (Lipinski definition) is 8. The molecule has 248 valence electrons. The molecule has 0 saturated heterocycles. The van der Waals surface area contributed by atoms with Crippen molar-refractivity contribution in [3.63, 3.8) is 0 Å². The molecular formula is C34H38Cl2N6O5. The van der Waals surface area contributed by atoms with Gasteiger partial charge in [-0.15, -0.1) is 0 Å². The molecule has 1 aliphatic carbocycles. The number of nitrogens with zero attached hydrogens (tertiary/aromatic N) is 4. The second-order valence-electron chi connectivity index (χ2n) is 11.9. The summed E-state index contributed by atoms with van der Waals surface area (Å²) in [6, 6.07) is 19.5. The first kappa shape index (κ1) is 34.5. The molecule has 0 radical (unpaired) electrons. The van der Waals surface area contributed by atoms with Gasteiger partial charge in [0.2, 0.25) is 5.90 Å². The SMILES string of the molecule is [N-]=[N+]=NCc1ccccc1C[C@]1(C(=O)NNCC2(O)CCCCC2)N=C(c2ccc(OCCCO)cc2)O[C@H]1c1ccc(Cl)cc1Cl. The van der Waals surface area contributed by atoms with Crippen LogP contribution in [0.1, 0.15) is 66.9 Å².